The second-order valence-corrected chi connectivity index (χ2v) is 6.72. The molecule has 0 aliphatic heterocycles. The SMILES string of the molecule is CCOC(=O)/C=C1\CC(c2ccccc2)c2c(nc(N)c(C#N)c2N)C1(C#N)C#N. The summed E-state index contributed by atoms with van der Waals surface area (Å²) in [6.07, 6.45) is 1.32. The lowest BCUT2D eigenvalue weighted by Crippen LogP contribution is -2.36. The van der Waals surface area contributed by atoms with Gasteiger partial charge in [-0.15, -0.1) is 0 Å². The van der Waals surface area contributed by atoms with Crippen LogP contribution in [0.1, 0.15) is 41.6 Å². The molecule has 4 N–H and O–H groups in total. The van der Waals surface area contributed by atoms with Gasteiger partial charge in [-0.05, 0) is 24.5 Å². The van der Waals surface area contributed by atoms with Crippen molar-refractivity contribution in [2.24, 2.45) is 0 Å². The van der Waals surface area contributed by atoms with Crippen LogP contribution >= 0.6 is 0 Å². The largest absolute Gasteiger partial charge is 0.463 e. The number of anilines is 2. The summed E-state index contributed by atoms with van der Waals surface area (Å²) in [4.78, 5) is 16.4. The van der Waals surface area contributed by atoms with Crippen molar-refractivity contribution in [1.29, 1.82) is 15.8 Å². The van der Waals surface area contributed by atoms with Crippen LogP contribution in [0.5, 0.6) is 0 Å². The number of allylic oxidation sites excluding steroid dienone is 1. The van der Waals surface area contributed by atoms with Gasteiger partial charge < -0.3 is 16.2 Å². The molecule has 8 heteroatoms. The Morgan fingerprint density at radius 3 is 2.50 bits per heavy atom. The highest BCUT2D eigenvalue weighted by Gasteiger charge is 2.48. The summed E-state index contributed by atoms with van der Waals surface area (Å²) in [5, 5.41) is 29.5. The molecule has 3 rings (SSSR count). The summed E-state index contributed by atoms with van der Waals surface area (Å²) < 4.78 is 4.99. The smallest absolute Gasteiger partial charge is 0.330 e. The zero-order valence-electron chi connectivity index (χ0n) is 16.2. The third kappa shape index (κ3) is 3.09. The van der Waals surface area contributed by atoms with E-state index >= 15 is 0 Å². The number of rotatable bonds is 3. The molecule has 30 heavy (non-hydrogen) atoms. The van der Waals surface area contributed by atoms with Gasteiger partial charge in [-0.2, -0.15) is 15.8 Å². The van der Waals surface area contributed by atoms with Gasteiger partial charge in [0, 0.05) is 17.6 Å². The number of ether oxygens (including phenoxy) is 1. The maximum absolute atomic E-state index is 12.2. The van der Waals surface area contributed by atoms with E-state index in [9.17, 15) is 20.6 Å². The molecule has 0 fully saturated rings. The lowest BCUT2D eigenvalue weighted by molar-refractivity contribution is -0.137. The van der Waals surface area contributed by atoms with E-state index in [-0.39, 0.29) is 41.4 Å². The molecule has 1 unspecified atom stereocenters. The van der Waals surface area contributed by atoms with Gasteiger partial charge in [0.15, 0.2) is 0 Å². The lowest BCUT2D eigenvalue weighted by atomic mass is 9.65. The molecule has 1 aromatic carbocycles. The standard InChI is InChI=1S/C22H18N6O2/c1-2-30-17(29)9-14-8-15(13-6-4-3-5-7-13)18-19(26)16(10-23)21(27)28-20(18)22(14,11-24)12-25/h3-7,9,15H,2,8H2,1H3,(H4,26,27,28)/b14-9+. The molecule has 148 valence electrons. The number of hydrogen-bond acceptors (Lipinski definition) is 8. The quantitative estimate of drug-likeness (QED) is 0.588. The average Bonchev–Trinajstić information content (AvgIpc) is 2.74. The number of nitrogen functional groups attached to an aromatic ring is 2. The summed E-state index contributed by atoms with van der Waals surface area (Å²) in [6.45, 7) is 1.81. The van der Waals surface area contributed by atoms with E-state index in [0.29, 0.717) is 5.56 Å². The van der Waals surface area contributed by atoms with Crippen molar-refractivity contribution in [3.8, 4) is 18.2 Å². The molecule has 0 radical (unpaired) electrons. The van der Waals surface area contributed by atoms with Crippen molar-refractivity contribution < 1.29 is 9.53 Å². The van der Waals surface area contributed by atoms with Crippen molar-refractivity contribution in [2.45, 2.75) is 24.7 Å². The summed E-state index contributed by atoms with van der Waals surface area (Å²) in [6, 6.07) is 15.2. The number of nitrogens with two attached hydrogens (primary N) is 2. The number of benzene rings is 1. The number of aromatic nitrogens is 1. The van der Waals surface area contributed by atoms with Crippen molar-refractivity contribution in [3.63, 3.8) is 0 Å². The maximum Gasteiger partial charge on any atom is 0.330 e. The zero-order valence-corrected chi connectivity index (χ0v) is 16.2. The molecule has 0 amide bonds. The Balaban J connectivity index is 2.40. The summed E-state index contributed by atoms with van der Waals surface area (Å²) in [7, 11) is 0. The van der Waals surface area contributed by atoms with Crippen LogP contribution in [-0.2, 0) is 14.9 Å². The van der Waals surface area contributed by atoms with Gasteiger partial charge in [-0.1, -0.05) is 30.3 Å². The first-order valence-corrected chi connectivity index (χ1v) is 9.18. The predicted octanol–water partition coefficient (Wildman–Crippen LogP) is 2.43. The Labute approximate surface area is 173 Å². The highest BCUT2D eigenvalue weighted by Crippen LogP contribution is 2.50. The average molecular weight is 398 g/mol. The fourth-order valence-corrected chi connectivity index (χ4v) is 3.76. The van der Waals surface area contributed by atoms with Gasteiger partial charge >= 0.3 is 5.97 Å². The van der Waals surface area contributed by atoms with E-state index in [1.54, 1.807) is 6.92 Å². The first-order chi connectivity index (χ1) is 14.4. The van der Waals surface area contributed by atoms with Crippen molar-refractivity contribution >= 4 is 17.5 Å². The number of nitriles is 3. The highest BCUT2D eigenvalue weighted by atomic mass is 16.5. The number of carbonyl (C=O) groups excluding carboxylic acids is 1. The lowest BCUT2D eigenvalue weighted by Gasteiger charge is -2.36. The number of carbonyl (C=O) groups is 1. The monoisotopic (exact) mass is 398 g/mol. The number of pyridine rings is 1. The second kappa shape index (κ2) is 7.95. The number of fused-ring (bicyclic) bond motifs is 1. The van der Waals surface area contributed by atoms with Crippen LogP contribution in [0.4, 0.5) is 11.5 Å². The Morgan fingerprint density at radius 1 is 1.27 bits per heavy atom. The molecule has 1 aromatic heterocycles. The van der Waals surface area contributed by atoms with Crippen LogP contribution in [0.15, 0.2) is 42.0 Å². The molecule has 1 heterocycles. The van der Waals surface area contributed by atoms with Gasteiger partial charge in [0.25, 0.3) is 0 Å². The molecule has 1 aliphatic rings. The third-order valence-electron chi connectivity index (χ3n) is 5.14. The first kappa shape index (κ1) is 20.4. The molecule has 1 aliphatic carbocycles. The minimum atomic E-state index is -1.89. The van der Waals surface area contributed by atoms with Crippen LogP contribution in [0.3, 0.4) is 0 Å². The Morgan fingerprint density at radius 2 is 1.93 bits per heavy atom. The number of esters is 1. The zero-order chi connectivity index (χ0) is 21.9. The van der Waals surface area contributed by atoms with Gasteiger partial charge in [0.2, 0.25) is 5.41 Å². The van der Waals surface area contributed by atoms with Crippen LogP contribution in [0, 0.1) is 34.0 Å². The second-order valence-electron chi connectivity index (χ2n) is 6.72. The van der Waals surface area contributed by atoms with E-state index < -0.39 is 17.3 Å². The molecule has 0 spiro atoms. The predicted molar refractivity (Wildman–Crippen MR) is 108 cm³/mol. The molecular formula is C22H18N6O2. The van der Waals surface area contributed by atoms with E-state index in [1.165, 1.54) is 6.08 Å². The van der Waals surface area contributed by atoms with E-state index in [2.05, 4.69) is 4.98 Å². The van der Waals surface area contributed by atoms with E-state index in [4.69, 9.17) is 16.2 Å². The normalized spacial score (nSPS) is 17.8. The van der Waals surface area contributed by atoms with Crippen LogP contribution in [-0.4, -0.2) is 17.6 Å². The molecule has 2 aromatic rings. The molecule has 0 saturated carbocycles. The Kier molecular flexibility index (Phi) is 5.40. The number of hydrogen-bond donors (Lipinski definition) is 2. The Hall–Kier alpha value is -4.35. The van der Waals surface area contributed by atoms with E-state index in [0.717, 1.165) is 5.56 Å². The molecule has 0 bridgehead atoms. The topological polar surface area (TPSA) is 163 Å². The molecule has 1 atom stereocenters. The first-order valence-electron chi connectivity index (χ1n) is 9.18. The summed E-state index contributed by atoms with van der Waals surface area (Å²) in [5.74, 6) is -1.27. The highest BCUT2D eigenvalue weighted by molar-refractivity contribution is 5.85. The molecular weight excluding hydrogens is 380 g/mol. The molecule has 0 saturated heterocycles. The summed E-state index contributed by atoms with van der Waals surface area (Å²) in [5.41, 5.74) is 11.9. The fourth-order valence-electron chi connectivity index (χ4n) is 3.76. The number of nitrogens with zero attached hydrogens (tertiary/aromatic N) is 4. The minimum absolute atomic E-state index is 0.00252. The molecule has 8 nitrogen and oxygen atoms in total. The van der Waals surface area contributed by atoms with E-state index in [1.807, 2.05) is 48.5 Å². The van der Waals surface area contributed by atoms with Crippen molar-refractivity contribution in [1.82, 2.24) is 4.98 Å². The van der Waals surface area contributed by atoms with Crippen molar-refractivity contribution in [2.75, 3.05) is 18.1 Å². The Bertz CT molecular complexity index is 1150. The van der Waals surface area contributed by atoms with Crippen molar-refractivity contribution in [3.05, 3.63) is 64.4 Å². The van der Waals surface area contributed by atoms with Gasteiger partial charge in [0.1, 0.15) is 17.5 Å². The van der Waals surface area contributed by atoms with Gasteiger partial charge in [-0.25, -0.2) is 9.78 Å². The fraction of sp³-hybridized carbons (Fsp3) is 0.227. The van der Waals surface area contributed by atoms with Crippen LogP contribution in [0.2, 0.25) is 0 Å². The van der Waals surface area contributed by atoms with Crippen LogP contribution in [0.25, 0.3) is 0 Å². The van der Waals surface area contributed by atoms with Gasteiger partial charge in [-0.3, -0.25) is 0 Å². The minimum Gasteiger partial charge on any atom is -0.463 e. The van der Waals surface area contributed by atoms with Crippen LogP contribution < -0.4 is 11.5 Å². The third-order valence-corrected chi connectivity index (χ3v) is 5.14. The van der Waals surface area contributed by atoms with Gasteiger partial charge in [0.05, 0.1) is 30.1 Å². The summed E-state index contributed by atoms with van der Waals surface area (Å²) >= 11 is 0. The maximum atomic E-state index is 12.2.